The lowest BCUT2D eigenvalue weighted by Crippen LogP contribution is -2.34. The highest BCUT2D eigenvalue weighted by Gasteiger charge is 2.41. The predicted molar refractivity (Wildman–Crippen MR) is 170 cm³/mol. The molecular weight excluding hydrogens is 590 g/mol. The number of rotatable bonds is 4. The SMILES string of the molecule is Cc1cccc(C)c1-c1cc2nc(n1)NS(=O)(=O)c1cccc(c1)C(=O)N(Cc1cnc3cc(C4(C)CC4)n(C)c3n1)CCO2. The summed E-state index contributed by atoms with van der Waals surface area (Å²) in [5.74, 6) is -0.294. The van der Waals surface area contributed by atoms with E-state index in [2.05, 4.69) is 37.2 Å². The summed E-state index contributed by atoms with van der Waals surface area (Å²) in [5, 5.41) is 0. The molecule has 0 radical (unpaired) electrons. The van der Waals surface area contributed by atoms with Gasteiger partial charge in [-0.2, -0.15) is 4.98 Å². The van der Waals surface area contributed by atoms with Gasteiger partial charge in [0.05, 0.1) is 35.6 Å². The second kappa shape index (κ2) is 10.7. The topological polar surface area (TPSA) is 132 Å². The summed E-state index contributed by atoms with van der Waals surface area (Å²) in [4.78, 5) is 33.8. The summed E-state index contributed by atoms with van der Waals surface area (Å²) < 4.78 is 37.6. The number of benzene rings is 2. The Morgan fingerprint density at radius 2 is 1.76 bits per heavy atom. The van der Waals surface area contributed by atoms with Crippen LogP contribution in [0.5, 0.6) is 5.88 Å². The van der Waals surface area contributed by atoms with Gasteiger partial charge < -0.3 is 14.2 Å². The number of nitrogens with zero attached hydrogens (tertiary/aromatic N) is 6. The van der Waals surface area contributed by atoms with Crippen molar-refractivity contribution in [2.75, 3.05) is 17.9 Å². The minimum Gasteiger partial charge on any atom is -0.476 e. The van der Waals surface area contributed by atoms with Crippen molar-refractivity contribution in [1.82, 2.24) is 29.4 Å². The smallest absolute Gasteiger partial charge is 0.264 e. The largest absolute Gasteiger partial charge is 0.476 e. The van der Waals surface area contributed by atoms with Gasteiger partial charge in [-0.3, -0.25) is 9.78 Å². The van der Waals surface area contributed by atoms with Crippen molar-refractivity contribution < 1.29 is 17.9 Å². The minimum absolute atomic E-state index is 0.0813. The van der Waals surface area contributed by atoms with Crippen LogP contribution in [0.1, 0.15) is 52.6 Å². The van der Waals surface area contributed by atoms with E-state index in [1.165, 1.54) is 17.8 Å². The number of aromatic nitrogens is 5. The second-order valence-electron chi connectivity index (χ2n) is 12.1. The van der Waals surface area contributed by atoms with E-state index in [-0.39, 0.29) is 53.3 Å². The summed E-state index contributed by atoms with van der Waals surface area (Å²) in [5.41, 5.74) is 7.11. The summed E-state index contributed by atoms with van der Waals surface area (Å²) in [6, 6.07) is 15.6. The van der Waals surface area contributed by atoms with Crippen LogP contribution in [0.3, 0.4) is 0 Å². The number of carbonyl (C=O) groups is 1. The summed E-state index contributed by atoms with van der Waals surface area (Å²) in [6.07, 6.45) is 3.96. The molecule has 1 saturated carbocycles. The van der Waals surface area contributed by atoms with Crippen LogP contribution < -0.4 is 9.46 Å². The number of anilines is 1. The number of amides is 1. The van der Waals surface area contributed by atoms with E-state index in [1.807, 2.05) is 39.1 Å². The number of hydrogen-bond acceptors (Lipinski definition) is 8. The van der Waals surface area contributed by atoms with Crippen molar-refractivity contribution in [3.8, 4) is 17.1 Å². The molecule has 4 heterocycles. The van der Waals surface area contributed by atoms with Crippen LogP contribution in [0.2, 0.25) is 0 Å². The lowest BCUT2D eigenvalue weighted by atomic mass is 10.00. The molecule has 1 aliphatic heterocycles. The first-order valence-corrected chi connectivity index (χ1v) is 16.3. The molecule has 4 bridgehead atoms. The first kappa shape index (κ1) is 28.9. The van der Waals surface area contributed by atoms with Crippen molar-refractivity contribution in [3.63, 3.8) is 0 Å². The number of aryl methyl sites for hydroxylation is 3. The maximum atomic E-state index is 13.9. The zero-order valence-corrected chi connectivity index (χ0v) is 26.4. The van der Waals surface area contributed by atoms with Gasteiger partial charge in [0, 0.05) is 35.3 Å². The zero-order valence-electron chi connectivity index (χ0n) is 25.5. The van der Waals surface area contributed by atoms with E-state index in [0.717, 1.165) is 40.7 Å². The van der Waals surface area contributed by atoms with E-state index < -0.39 is 10.0 Å². The van der Waals surface area contributed by atoms with Crippen molar-refractivity contribution >= 4 is 33.0 Å². The molecule has 1 fully saturated rings. The molecule has 45 heavy (non-hydrogen) atoms. The highest BCUT2D eigenvalue weighted by atomic mass is 32.2. The fourth-order valence-corrected chi connectivity index (χ4v) is 6.96. The quantitative estimate of drug-likeness (QED) is 0.298. The molecular formula is C33H33N7O4S. The molecule has 12 heteroatoms. The van der Waals surface area contributed by atoms with Crippen molar-refractivity contribution in [2.24, 2.45) is 7.05 Å². The molecule has 1 aliphatic carbocycles. The molecule has 0 unspecified atom stereocenters. The maximum absolute atomic E-state index is 13.9. The lowest BCUT2D eigenvalue weighted by molar-refractivity contribution is 0.0712. The number of carbonyl (C=O) groups excluding carboxylic acids is 1. The van der Waals surface area contributed by atoms with Gasteiger partial charge in [0.25, 0.3) is 15.9 Å². The van der Waals surface area contributed by atoms with Crippen LogP contribution >= 0.6 is 0 Å². The third-order valence-electron chi connectivity index (χ3n) is 8.71. The standard InChI is InChI=1S/C33H33N7O4S/c1-20-7-5-8-21(2)29(20)25-17-28-37-32(36-25)38-45(42,43)24-10-6-9-22(15-24)31(41)40(13-14-44-28)19-23-18-34-26-16-27(33(3)11-12-33)39(4)30(26)35-23/h5-10,15-18H,11-14,19H2,1-4H3,(H,36,37,38). The zero-order chi connectivity index (χ0) is 31.5. The Balaban J connectivity index is 1.26. The van der Waals surface area contributed by atoms with Crippen LogP contribution in [0, 0.1) is 13.8 Å². The highest BCUT2D eigenvalue weighted by Crippen LogP contribution is 2.48. The van der Waals surface area contributed by atoms with Crippen LogP contribution in [-0.2, 0) is 29.0 Å². The van der Waals surface area contributed by atoms with Crippen molar-refractivity contribution in [2.45, 2.75) is 50.5 Å². The summed E-state index contributed by atoms with van der Waals surface area (Å²) in [6.45, 7) is 6.63. The first-order valence-electron chi connectivity index (χ1n) is 14.8. The van der Waals surface area contributed by atoms with E-state index in [0.29, 0.717) is 11.4 Å². The van der Waals surface area contributed by atoms with Crippen LogP contribution in [0.25, 0.3) is 22.4 Å². The Morgan fingerprint density at radius 3 is 2.51 bits per heavy atom. The number of hydrogen-bond donors (Lipinski definition) is 1. The third kappa shape index (κ3) is 5.39. The predicted octanol–water partition coefficient (Wildman–Crippen LogP) is 4.93. The molecule has 3 aromatic heterocycles. The van der Waals surface area contributed by atoms with Gasteiger partial charge in [0.1, 0.15) is 12.1 Å². The molecule has 5 aromatic rings. The Kier molecular flexibility index (Phi) is 6.84. The van der Waals surface area contributed by atoms with E-state index >= 15 is 0 Å². The van der Waals surface area contributed by atoms with Gasteiger partial charge in [-0.05, 0) is 62.1 Å². The molecule has 0 spiro atoms. The summed E-state index contributed by atoms with van der Waals surface area (Å²) >= 11 is 0. The van der Waals surface area contributed by atoms with Crippen molar-refractivity contribution in [1.29, 1.82) is 0 Å². The van der Waals surface area contributed by atoms with Gasteiger partial charge in [-0.15, -0.1) is 0 Å². The molecule has 11 nitrogen and oxygen atoms in total. The van der Waals surface area contributed by atoms with Gasteiger partial charge in [-0.25, -0.2) is 23.1 Å². The third-order valence-corrected chi connectivity index (χ3v) is 10.0. The van der Waals surface area contributed by atoms with Gasteiger partial charge in [0.2, 0.25) is 11.8 Å². The molecule has 0 atom stereocenters. The normalized spacial score (nSPS) is 17.1. The molecule has 2 aliphatic rings. The molecule has 0 saturated heterocycles. The first-order chi connectivity index (χ1) is 21.5. The number of nitrogens with one attached hydrogen (secondary N) is 1. The van der Waals surface area contributed by atoms with E-state index in [1.54, 1.807) is 29.3 Å². The number of ether oxygens (including phenoxy) is 1. The highest BCUT2D eigenvalue weighted by molar-refractivity contribution is 7.92. The maximum Gasteiger partial charge on any atom is 0.264 e. The van der Waals surface area contributed by atoms with Gasteiger partial charge in [-0.1, -0.05) is 31.2 Å². The lowest BCUT2D eigenvalue weighted by Gasteiger charge is -2.22. The monoisotopic (exact) mass is 623 g/mol. The van der Waals surface area contributed by atoms with E-state index in [9.17, 15) is 13.2 Å². The van der Waals surface area contributed by atoms with E-state index in [4.69, 9.17) is 9.72 Å². The second-order valence-corrected chi connectivity index (χ2v) is 13.8. The fourth-order valence-electron chi connectivity index (χ4n) is 5.97. The fraction of sp³-hybridized carbons (Fsp3) is 0.303. The molecule has 7 rings (SSSR count). The molecule has 2 aromatic carbocycles. The molecule has 230 valence electrons. The average Bonchev–Trinajstić information content (AvgIpc) is 3.67. The minimum atomic E-state index is -4.14. The number of sulfonamides is 1. The Hall–Kier alpha value is -4.84. The van der Waals surface area contributed by atoms with Crippen LogP contribution in [-0.4, -0.2) is 56.9 Å². The Bertz CT molecular complexity index is 2080. The van der Waals surface area contributed by atoms with Crippen molar-refractivity contribution in [3.05, 3.63) is 88.9 Å². The average molecular weight is 624 g/mol. The Morgan fingerprint density at radius 1 is 1.00 bits per heavy atom. The Labute approximate surface area is 261 Å². The molecule has 1 amide bonds. The van der Waals surface area contributed by atoms with Crippen LogP contribution in [0.15, 0.2) is 65.7 Å². The summed E-state index contributed by atoms with van der Waals surface area (Å²) in [7, 11) is -2.14. The van der Waals surface area contributed by atoms with Crippen LogP contribution in [0.4, 0.5) is 5.95 Å². The van der Waals surface area contributed by atoms with Gasteiger partial charge in [0.15, 0.2) is 5.65 Å². The number of fused-ring (bicyclic) bond motifs is 5. The molecule has 1 N–H and O–H groups in total. The van der Waals surface area contributed by atoms with Gasteiger partial charge >= 0.3 is 0 Å².